The summed E-state index contributed by atoms with van der Waals surface area (Å²) in [7, 11) is 0. The summed E-state index contributed by atoms with van der Waals surface area (Å²) in [6.07, 6.45) is 0.0950. The van der Waals surface area contributed by atoms with Crippen LogP contribution in [0.5, 0.6) is 23.0 Å². The molecule has 456 valence electrons. The smallest absolute Gasteiger partial charge is 0.325 e. The van der Waals surface area contributed by atoms with Gasteiger partial charge in [-0.15, -0.1) is 0 Å². The van der Waals surface area contributed by atoms with Gasteiger partial charge in [-0.3, -0.25) is 38.4 Å². The largest absolute Gasteiger partial charge is 0.483 e. The van der Waals surface area contributed by atoms with Crippen LogP contribution in [0.25, 0.3) is 0 Å². The highest BCUT2D eigenvalue weighted by atomic mass is 16.5. The van der Waals surface area contributed by atoms with Crippen LogP contribution in [0.1, 0.15) is 178 Å². The molecule has 20 heteroatoms. The lowest BCUT2D eigenvalue weighted by Crippen LogP contribution is -2.41. The molecule has 20 nitrogen and oxygen atoms in total. The molecular formula is C64H84N4O16. The van der Waals surface area contributed by atoms with Crippen LogP contribution in [0.3, 0.4) is 0 Å². The summed E-state index contributed by atoms with van der Waals surface area (Å²) < 4.78 is 26.6. The van der Waals surface area contributed by atoms with E-state index in [0.29, 0.717) is 44.5 Å². The molecule has 8 N–H and O–H groups in total. The van der Waals surface area contributed by atoms with Gasteiger partial charge in [0.1, 0.15) is 47.2 Å². The van der Waals surface area contributed by atoms with Crippen molar-refractivity contribution in [2.75, 3.05) is 26.4 Å². The molecule has 1 unspecified atom stereocenters. The summed E-state index contributed by atoms with van der Waals surface area (Å²) in [6, 6.07) is 10.6. The quantitative estimate of drug-likeness (QED) is 0.0376. The van der Waals surface area contributed by atoms with Crippen LogP contribution >= 0.6 is 0 Å². The van der Waals surface area contributed by atoms with E-state index in [1.807, 2.05) is 132 Å². The summed E-state index contributed by atoms with van der Waals surface area (Å²) in [5, 5.41) is 48.8. The number of hydrogen-bond donors (Lipinski definition) is 8. The van der Waals surface area contributed by atoms with Gasteiger partial charge in [-0.25, -0.2) is 0 Å². The highest BCUT2D eigenvalue weighted by Gasteiger charge is 2.31. The summed E-state index contributed by atoms with van der Waals surface area (Å²) in [5.41, 5.74) is 5.63. The molecule has 0 spiro atoms. The van der Waals surface area contributed by atoms with Gasteiger partial charge < -0.3 is 60.6 Å². The number of carboxylic acids is 4. The highest BCUT2D eigenvalue weighted by molar-refractivity contribution is 5.86. The molecular weight excluding hydrogens is 1080 g/mol. The molecule has 0 fully saturated rings. The number of ether oxygens (including phenoxy) is 4. The van der Waals surface area contributed by atoms with Crippen LogP contribution in [0.4, 0.5) is 0 Å². The third kappa shape index (κ3) is 17.9. The van der Waals surface area contributed by atoms with Gasteiger partial charge in [0, 0.05) is 25.7 Å². The Hall–Kier alpha value is -8.16. The van der Waals surface area contributed by atoms with Crippen molar-refractivity contribution in [2.45, 2.75) is 182 Å². The van der Waals surface area contributed by atoms with Crippen LogP contribution < -0.4 is 40.2 Å². The molecule has 0 aromatic heterocycles. The Bertz CT molecular complexity index is 2680. The van der Waals surface area contributed by atoms with Crippen LogP contribution in [0.2, 0.25) is 0 Å². The van der Waals surface area contributed by atoms with Crippen molar-refractivity contribution in [2.24, 2.45) is 0 Å². The molecule has 0 saturated heterocycles. The predicted octanol–water partition coefficient (Wildman–Crippen LogP) is 7.43. The summed E-state index contributed by atoms with van der Waals surface area (Å²) >= 11 is 0. The van der Waals surface area contributed by atoms with Crippen molar-refractivity contribution in [1.82, 2.24) is 21.3 Å². The Morgan fingerprint density at radius 3 is 0.595 bits per heavy atom. The lowest BCUT2D eigenvalue weighted by Gasteiger charge is -2.29. The van der Waals surface area contributed by atoms with Gasteiger partial charge in [0.2, 0.25) is 0 Å². The van der Waals surface area contributed by atoms with Gasteiger partial charge in [-0.05, 0) is 116 Å². The number of carbonyl (C=O) groups excluding carboxylic acids is 4. The van der Waals surface area contributed by atoms with E-state index in [-0.39, 0.29) is 48.7 Å². The van der Waals surface area contributed by atoms with E-state index in [2.05, 4.69) is 21.3 Å². The van der Waals surface area contributed by atoms with Crippen LogP contribution in [-0.4, -0.2) is 119 Å². The molecule has 84 heavy (non-hydrogen) atoms. The van der Waals surface area contributed by atoms with Crippen LogP contribution in [0.15, 0.2) is 48.5 Å². The molecule has 4 aromatic carbocycles. The fourth-order valence-electron chi connectivity index (χ4n) is 9.29. The van der Waals surface area contributed by atoms with Crippen molar-refractivity contribution >= 4 is 47.5 Å². The van der Waals surface area contributed by atoms with Gasteiger partial charge in [-0.2, -0.15) is 0 Å². The minimum atomic E-state index is -1.26. The first-order valence-corrected chi connectivity index (χ1v) is 28.0. The van der Waals surface area contributed by atoms with Crippen molar-refractivity contribution in [3.63, 3.8) is 0 Å². The summed E-state index contributed by atoms with van der Waals surface area (Å²) in [4.78, 5) is 102. The fourth-order valence-corrected chi connectivity index (χ4v) is 9.29. The third-order valence-electron chi connectivity index (χ3n) is 14.3. The monoisotopic (exact) mass is 1160 g/mol. The average Bonchev–Trinajstić information content (AvgIpc) is 2.62. The van der Waals surface area contributed by atoms with Gasteiger partial charge in [0.15, 0.2) is 26.4 Å². The Labute approximate surface area is 491 Å². The zero-order chi connectivity index (χ0) is 63.1. The van der Waals surface area contributed by atoms with E-state index in [9.17, 15) is 58.8 Å². The van der Waals surface area contributed by atoms with Gasteiger partial charge in [-0.1, -0.05) is 132 Å². The molecule has 4 aromatic rings. The predicted molar refractivity (Wildman–Crippen MR) is 315 cm³/mol. The number of fused-ring (bicyclic) bond motifs is 8. The molecule has 0 saturated carbocycles. The number of carbonyl (C=O) groups is 8. The third-order valence-corrected chi connectivity index (χ3v) is 14.3. The zero-order valence-electron chi connectivity index (χ0n) is 51.3. The van der Waals surface area contributed by atoms with Crippen molar-refractivity contribution in [3.05, 3.63) is 115 Å². The molecule has 4 amide bonds. The molecule has 0 aliphatic heterocycles. The van der Waals surface area contributed by atoms with Crippen molar-refractivity contribution in [3.8, 4) is 23.0 Å². The van der Waals surface area contributed by atoms with Gasteiger partial charge in [0.25, 0.3) is 23.6 Å². The Kier molecular flexibility index (Phi) is 21.1. The topological polar surface area (TPSA) is 303 Å². The number of amides is 4. The van der Waals surface area contributed by atoms with E-state index in [0.717, 1.165) is 22.3 Å². The number of hydrogen-bond acceptors (Lipinski definition) is 12. The normalized spacial score (nSPS) is 14.1. The molecule has 8 bridgehead atoms. The Morgan fingerprint density at radius 2 is 0.476 bits per heavy atom. The van der Waals surface area contributed by atoms with E-state index in [4.69, 9.17) is 18.9 Å². The number of aliphatic carboxylic acids is 4. The van der Waals surface area contributed by atoms with Gasteiger partial charge in [0.05, 0.1) is 0 Å². The van der Waals surface area contributed by atoms with E-state index < -0.39 is 120 Å². The first kappa shape index (κ1) is 66.6. The minimum Gasteiger partial charge on any atom is -0.483 e. The maximum Gasteiger partial charge on any atom is 0.325 e. The zero-order valence-corrected chi connectivity index (χ0v) is 51.3. The first-order chi connectivity index (χ1) is 38.7. The SMILES string of the molecule is CC(NC(=O)COc1c2cc(C(C)(C)C)cc1Cc1cc(C(C)(C)C)cc(c1OCC(=O)N[C@@H](C)C(=O)O)Cc1cc(C(C)(C)C)cc(c1OCC(=O)N[C@@H](C)C(=O)O)Cc1cc(C(C)(C)C)cc(c1OCC(=O)N[C@@H](C)C(=O)O)C2)C(=O)O. The Balaban J connectivity index is 2.03. The highest BCUT2D eigenvalue weighted by Crippen LogP contribution is 2.44. The van der Waals surface area contributed by atoms with Crippen LogP contribution in [-0.2, 0) is 85.7 Å². The molecule has 4 atom stereocenters. The molecule has 0 heterocycles. The van der Waals surface area contributed by atoms with E-state index in [1.165, 1.54) is 27.7 Å². The first-order valence-electron chi connectivity index (χ1n) is 28.0. The number of rotatable bonds is 20. The standard InChI is InChI=1S/C64H84N4O16/c1-33(57(73)74)65-49(69)29-81-53-37-17-39-23-46(62(8,9)10)25-41(54(39)82-30-50(70)66-34(2)58(75)76)19-43-27-48(64(14,15)16)28-44(56(43)84-32-52(72)68-36(4)60(79)80)20-42-26-47(63(11,12)13)24-40(18-38(53)22-45(21-37)61(5,6)7)55(42)83-31-51(71)67-35(3)59(77)78/h21-28,33-36H,17-20,29-32H2,1-16H3,(H,65,69)(H,66,70)(H,67,71)(H,68,72)(H,73,74)(H,75,76)(H,77,78)(H,79,80)/t33-,34-,35-,36?/m0/s1. The van der Waals surface area contributed by atoms with E-state index in [1.54, 1.807) is 0 Å². The minimum absolute atomic E-state index is 0.0238. The maximum atomic E-state index is 13.7. The molecule has 1 aliphatic carbocycles. The van der Waals surface area contributed by atoms with E-state index >= 15 is 0 Å². The lowest BCUT2D eigenvalue weighted by molar-refractivity contribution is -0.141. The number of nitrogens with one attached hydrogen (secondary N) is 4. The fraction of sp³-hybridized carbons (Fsp3) is 0.500. The van der Waals surface area contributed by atoms with Crippen molar-refractivity contribution < 1.29 is 77.7 Å². The number of benzene rings is 4. The summed E-state index contributed by atoms with van der Waals surface area (Å²) in [6.45, 7) is 27.2. The molecule has 0 radical (unpaired) electrons. The lowest BCUT2D eigenvalue weighted by atomic mass is 9.79. The van der Waals surface area contributed by atoms with Crippen molar-refractivity contribution in [1.29, 1.82) is 0 Å². The van der Waals surface area contributed by atoms with Gasteiger partial charge >= 0.3 is 23.9 Å². The second-order valence-electron chi connectivity index (χ2n) is 25.9. The average molecular weight is 1170 g/mol. The summed E-state index contributed by atoms with van der Waals surface area (Å²) in [5.74, 6) is -6.93. The van der Waals surface area contributed by atoms with Crippen LogP contribution in [0, 0.1) is 0 Å². The number of carboxylic acid groups (broad SMARTS) is 4. The second-order valence-corrected chi connectivity index (χ2v) is 25.9. The maximum absolute atomic E-state index is 13.7. The molecule has 1 aliphatic rings. The Morgan fingerprint density at radius 1 is 0.333 bits per heavy atom. The second kappa shape index (κ2) is 26.6. The molecule has 5 rings (SSSR count).